The van der Waals surface area contributed by atoms with Crippen LogP contribution in [-0.2, 0) is 28.4 Å². The van der Waals surface area contributed by atoms with E-state index in [2.05, 4.69) is 83.1 Å². The molecule has 6 saturated heterocycles. The van der Waals surface area contributed by atoms with Gasteiger partial charge in [0.2, 0.25) is 0 Å². The van der Waals surface area contributed by atoms with Crippen LogP contribution in [-0.4, -0.2) is 77.3 Å². The summed E-state index contributed by atoms with van der Waals surface area (Å²) in [5.41, 5.74) is 3.21. The molecule has 5 unspecified atom stereocenters. The van der Waals surface area contributed by atoms with Gasteiger partial charge in [-0.3, -0.25) is 0 Å². The average molecular weight is 1360 g/mol. The predicted molar refractivity (Wildman–Crippen MR) is 424 cm³/mol. The Hall–Kier alpha value is -0.240. The highest BCUT2D eigenvalue weighted by atomic mass is 16.5. The van der Waals surface area contributed by atoms with Crippen molar-refractivity contribution < 1.29 is 28.4 Å². The van der Waals surface area contributed by atoms with E-state index in [9.17, 15) is 0 Å². The van der Waals surface area contributed by atoms with Crippen molar-refractivity contribution in [2.75, 3.05) is 66.1 Å². The predicted octanol–water partition coefficient (Wildman–Crippen LogP) is 28.2. The van der Waals surface area contributed by atoms with Gasteiger partial charge >= 0.3 is 0 Å². The van der Waals surface area contributed by atoms with Crippen LogP contribution in [0.2, 0.25) is 0 Å². The minimum Gasteiger partial charge on any atom is -0.381 e. The van der Waals surface area contributed by atoms with Crippen molar-refractivity contribution in [3.05, 3.63) is 0 Å². The number of hydrogen-bond acceptors (Lipinski definition) is 6. The molecule has 96 heavy (non-hydrogen) atoms. The van der Waals surface area contributed by atoms with Gasteiger partial charge in [-0.2, -0.15) is 0 Å². The first-order chi connectivity index (χ1) is 46.3. The Morgan fingerprint density at radius 1 is 0.208 bits per heavy atom. The molecule has 0 aromatic heterocycles. The van der Waals surface area contributed by atoms with Crippen LogP contribution in [0.1, 0.15) is 410 Å². The summed E-state index contributed by atoms with van der Waals surface area (Å²) in [6.45, 7) is 62.8. The molecule has 0 bridgehead atoms. The van der Waals surface area contributed by atoms with Gasteiger partial charge in [0, 0.05) is 52.9 Å². The highest BCUT2D eigenvalue weighted by molar-refractivity contribution is 4.94. The zero-order valence-electron chi connectivity index (χ0n) is 70.3. The third-order valence-corrected chi connectivity index (χ3v) is 26.4. The van der Waals surface area contributed by atoms with Gasteiger partial charge in [-0.15, -0.1) is 0 Å². The largest absolute Gasteiger partial charge is 0.381 e. The van der Waals surface area contributed by atoms with E-state index in [1.54, 1.807) is 0 Å². The molecule has 12 aliphatic rings. The summed E-state index contributed by atoms with van der Waals surface area (Å²) in [6.07, 6.45) is 53.0. The average Bonchev–Trinajstić information content (AvgIpc) is 0.905. The van der Waals surface area contributed by atoms with Crippen LogP contribution in [0.5, 0.6) is 0 Å². The van der Waals surface area contributed by atoms with Crippen LogP contribution < -0.4 is 0 Å². The summed E-state index contributed by atoms with van der Waals surface area (Å²) in [7, 11) is 0. The van der Waals surface area contributed by atoms with Gasteiger partial charge in [0.15, 0.2) is 0 Å². The fraction of sp³-hybridized carbons (Fsp3) is 1.00. The molecule has 0 aromatic rings. The van der Waals surface area contributed by atoms with Crippen molar-refractivity contribution in [3.63, 3.8) is 0 Å². The molecule has 6 aliphatic heterocycles. The highest BCUT2D eigenvalue weighted by Gasteiger charge is 2.43. The van der Waals surface area contributed by atoms with Crippen LogP contribution >= 0.6 is 0 Å². The van der Waals surface area contributed by atoms with Gasteiger partial charge in [0.1, 0.15) is 0 Å². The Bertz CT molecular complexity index is 1480. The topological polar surface area (TPSA) is 55.4 Å². The summed E-state index contributed by atoms with van der Waals surface area (Å²) in [4.78, 5) is 0. The fourth-order valence-electron chi connectivity index (χ4n) is 19.5. The highest BCUT2D eigenvalue weighted by Crippen LogP contribution is 2.52. The standard InChI is InChI=1S/6C13H24O.6C2H6/c1-11(2)12-4-7-13(8-5-12)6-3-9-14-10-13;1-11(2)12-3-5-13(6-4-12)7-9-14-10-8-13;1-11(2)12-5-3-6-13(9-12)7-4-8-14-10-13;1-11(2)12-5-8-13(9-6-12)7-3-4-10-14-13;1-11(2)12-6-5-8-13(10-12)7-3-4-9-14-13;1-11(2)12-4-3-5-13(10-12)6-8-14-9-7-13;6*1-2/h6*11-12H,3-10H2,1-2H3;6*1-2H3. The van der Waals surface area contributed by atoms with Gasteiger partial charge in [0.05, 0.1) is 24.4 Å². The van der Waals surface area contributed by atoms with Crippen molar-refractivity contribution in [1.82, 2.24) is 0 Å². The first kappa shape index (κ1) is 93.8. The molecule has 0 amide bonds. The molecule has 576 valence electrons. The molecule has 0 N–H and O–H groups in total. The van der Waals surface area contributed by atoms with E-state index in [1.807, 2.05) is 83.1 Å². The van der Waals surface area contributed by atoms with E-state index in [-0.39, 0.29) is 0 Å². The number of hydrogen-bond donors (Lipinski definition) is 0. The van der Waals surface area contributed by atoms with Crippen molar-refractivity contribution in [3.8, 4) is 0 Å². The second kappa shape index (κ2) is 52.7. The molecular weight excluding hydrogens is 1180 g/mol. The van der Waals surface area contributed by atoms with E-state index in [0.717, 1.165) is 137 Å². The second-order valence-electron chi connectivity index (χ2n) is 34.1. The molecule has 0 radical (unpaired) electrons. The molecule has 6 saturated carbocycles. The number of rotatable bonds is 6. The molecule has 6 nitrogen and oxygen atoms in total. The van der Waals surface area contributed by atoms with Crippen LogP contribution in [0.15, 0.2) is 0 Å². The third kappa shape index (κ3) is 33.3. The van der Waals surface area contributed by atoms with E-state index in [4.69, 9.17) is 28.4 Å². The smallest absolute Gasteiger partial charge is 0.0685 e. The Morgan fingerprint density at radius 3 is 0.875 bits per heavy atom. The van der Waals surface area contributed by atoms with Crippen LogP contribution in [0.25, 0.3) is 0 Å². The van der Waals surface area contributed by atoms with Gasteiger partial charge < -0.3 is 28.4 Å². The van der Waals surface area contributed by atoms with Gasteiger partial charge in [-0.25, -0.2) is 0 Å². The molecule has 12 rings (SSSR count). The zero-order chi connectivity index (χ0) is 72.1. The lowest BCUT2D eigenvalue weighted by Gasteiger charge is -2.44. The Morgan fingerprint density at radius 2 is 0.510 bits per heavy atom. The van der Waals surface area contributed by atoms with Crippen molar-refractivity contribution in [2.24, 2.45) is 92.7 Å². The minimum atomic E-state index is 0.311. The SMILES string of the molecule is CC.CC.CC.CC.CC.CC.CC(C)C1CCC2(CCCCO2)CC1.CC(C)C1CCC2(CCCOC2)CC1.CC(C)C1CCC2(CCOCC2)CC1.CC(C)C1CCCC2(CCCCO2)C1.CC(C)C1CCCC2(CCCOC2)C1.CC(C)C1CCCC2(CCOCC2)C1. The summed E-state index contributed by atoms with van der Waals surface area (Å²) in [6, 6.07) is 0. The quantitative estimate of drug-likeness (QED) is 0.264. The van der Waals surface area contributed by atoms with Gasteiger partial charge in [0.25, 0.3) is 0 Å². The fourth-order valence-corrected chi connectivity index (χ4v) is 19.5. The van der Waals surface area contributed by atoms with Crippen molar-refractivity contribution in [2.45, 2.75) is 421 Å². The van der Waals surface area contributed by atoms with Gasteiger partial charge in [-0.05, 0) is 305 Å². The Labute approximate surface area is 605 Å². The lowest BCUT2D eigenvalue weighted by atomic mass is 9.63. The van der Waals surface area contributed by atoms with Crippen molar-refractivity contribution in [1.29, 1.82) is 0 Å². The first-order valence-corrected chi connectivity index (χ1v) is 43.9. The maximum Gasteiger partial charge on any atom is 0.0685 e. The summed E-state index contributed by atoms with van der Waals surface area (Å²) < 4.78 is 34.4. The number of ether oxygens (including phenoxy) is 6. The van der Waals surface area contributed by atoms with Crippen LogP contribution in [0.4, 0.5) is 0 Å². The zero-order valence-corrected chi connectivity index (χ0v) is 70.3. The van der Waals surface area contributed by atoms with E-state index >= 15 is 0 Å². The lowest BCUT2D eigenvalue weighted by Crippen LogP contribution is -2.41. The maximum atomic E-state index is 6.09. The molecule has 6 heterocycles. The molecule has 5 atom stereocenters. The van der Waals surface area contributed by atoms with E-state index < -0.39 is 0 Å². The Kier molecular flexibility index (Phi) is 51.4. The third-order valence-electron chi connectivity index (χ3n) is 26.4. The molecule has 0 aromatic carbocycles. The minimum absolute atomic E-state index is 0.311. The normalized spacial score (nSPS) is 30.1. The summed E-state index contributed by atoms with van der Waals surface area (Å²) in [5.74, 6) is 11.1. The molecule has 6 aliphatic carbocycles. The lowest BCUT2D eigenvalue weighted by molar-refractivity contribution is -0.115. The monoisotopic (exact) mass is 1360 g/mol. The van der Waals surface area contributed by atoms with Crippen molar-refractivity contribution >= 4 is 0 Å². The van der Waals surface area contributed by atoms with E-state index in [1.165, 1.54) is 244 Å². The van der Waals surface area contributed by atoms with E-state index in [0.29, 0.717) is 32.9 Å². The molecule has 6 spiro atoms. The van der Waals surface area contributed by atoms with Gasteiger partial charge in [-0.1, -0.05) is 198 Å². The maximum absolute atomic E-state index is 6.09. The second-order valence-corrected chi connectivity index (χ2v) is 34.1. The summed E-state index contributed by atoms with van der Waals surface area (Å²) >= 11 is 0. The molecule has 12 fully saturated rings. The molecular formula is C90H180O6. The molecule has 6 heteroatoms. The summed E-state index contributed by atoms with van der Waals surface area (Å²) in [5, 5.41) is 0. The Balaban J connectivity index is 0.000000557. The van der Waals surface area contributed by atoms with Crippen LogP contribution in [0.3, 0.4) is 0 Å². The first-order valence-electron chi connectivity index (χ1n) is 43.9. The van der Waals surface area contributed by atoms with Crippen LogP contribution in [0, 0.1) is 92.7 Å².